The third-order valence-corrected chi connectivity index (χ3v) is 5.78. The van der Waals surface area contributed by atoms with E-state index >= 15 is 0 Å². The largest absolute Gasteiger partial charge is 0.395 e. The number of aryl methyl sites for hydroxylation is 1. The molecule has 0 fully saturated rings. The second-order valence-corrected chi connectivity index (χ2v) is 7.01. The lowest BCUT2D eigenvalue weighted by Gasteiger charge is -2.29. The Hall–Kier alpha value is -0.620. The standard InChI is InChI=1S/C14H22ClNO3S/c1-4-12(5-2)16(8-9-17)20(18,19)14-7-6-11(3)10-13(14)15/h6-7,10,12,17H,4-5,8-9H2,1-3H3. The molecule has 0 saturated carbocycles. The molecule has 1 aromatic carbocycles. The quantitative estimate of drug-likeness (QED) is 0.840. The molecule has 1 N–H and O–H groups in total. The summed E-state index contributed by atoms with van der Waals surface area (Å²) < 4.78 is 26.8. The second kappa shape index (κ2) is 7.41. The lowest BCUT2D eigenvalue weighted by molar-refractivity contribution is 0.219. The van der Waals surface area contributed by atoms with Gasteiger partial charge in [0.1, 0.15) is 4.90 Å². The zero-order chi connectivity index (χ0) is 15.3. The maximum Gasteiger partial charge on any atom is 0.244 e. The van der Waals surface area contributed by atoms with Crippen molar-refractivity contribution < 1.29 is 13.5 Å². The van der Waals surface area contributed by atoms with E-state index in [0.29, 0.717) is 12.8 Å². The molecule has 0 bridgehead atoms. The lowest BCUT2D eigenvalue weighted by Crippen LogP contribution is -2.41. The highest BCUT2D eigenvalue weighted by molar-refractivity contribution is 7.89. The maximum absolute atomic E-state index is 12.7. The van der Waals surface area contributed by atoms with Gasteiger partial charge in [-0.2, -0.15) is 4.31 Å². The van der Waals surface area contributed by atoms with Gasteiger partial charge in [0.05, 0.1) is 11.6 Å². The molecule has 1 aromatic rings. The highest BCUT2D eigenvalue weighted by Gasteiger charge is 2.30. The van der Waals surface area contributed by atoms with Crippen molar-refractivity contribution in [3.8, 4) is 0 Å². The first-order chi connectivity index (χ1) is 9.38. The van der Waals surface area contributed by atoms with Gasteiger partial charge in [-0.1, -0.05) is 31.5 Å². The zero-order valence-electron chi connectivity index (χ0n) is 12.1. The number of hydrogen-bond acceptors (Lipinski definition) is 3. The molecule has 0 aliphatic rings. The predicted molar refractivity (Wildman–Crippen MR) is 81.5 cm³/mol. The highest BCUT2D eigenvalue weighted by atomic mass is 35.5. The van der Waals surface area contributed by atoms with E-state index in [9.17, 15) is 8.42 Å². The van der Waals surface area contributed by atoms with E-state index in [1.165, 1.54) is 10.4 Å². The van der Waals surface area contributed by atoms with Crippen LogP contribution in [0.1, 0.15) is 32.3 Å². The van der Waals surface area contributed by atoms with Crippen molar-refractivity contribution in [2.45, 2.75) is 44.6 Å². The molecule has 0 aromatic heterocycles. The molecule has 0 aliphatic carbocycles. The molecule has 0 atom stereocenters. The van der Waals surface area contributed by atoms with Gasteiger partial charge in [0.25, 0.3) is 0 Å². The van der Waals surface area contributed by atoms with E-state index in [4.69, 9.17) is 16.7 Å². The van der Waals surface area contributed by atoms with Gasteiger partial charge < -0.3 is 5.11 Å². The van der Waals surface area contributed by atoms with Crippen molar-refractivity contribution in [2.75, 3.05) is 13.2 Å². The molecule has 0 heterocycles. The molecule has 0 aliphatic heterocycles. The number of rotatable bonds is 7. The van der Waals surface area contributed by atoms with Crippen LogP contribution >= 0.6 is 11.6 Å². The van der Waals surface area contributed by atoms with Gasteiger partial charge in [-0.15, -0.1) is 0 Å². The summed E-state index contributed by atoms with van der Waals surface area (Å²) in [4.78, 5) is 0.102. The number of sulfonamides is 1. The Bertz CT molecular complexity index is 541. The van der Waals surface area contributed by atoms with Crippen LogP contribution in [0.4, 0.5) is 0 Å². The van der Waals surface area contributed by atoms with E-state index in [1.54, 1.807) is 12.1 Å². The zero-order valence-corrected chi connectivity index (χ0v) is 13.7. The Kier molecular flexibility index (Phi) is 6.45. The molecular weight excluding hydrogens is 298 g/mol. The van der Waals surface area contributed by atoms with Gasteiger partial charge in [0, 0.05) is 12.6 Å². The molecular formula is C14H22ClNO3S. The minimum absolute atomic E-state index is 0.0822. The van der Waals surface area contributed by atoms with Gasteiger partial charge in [-0.05, 0) is 37.5 Å². The van der Waals surface area contributed by atoms with E-state index in [2.05, 4.69) is 0 Å². The summed E-state index contributed by atoms with van der Waals surface area (Å²) in [5.41, 5.74) is 0.908. The first kappa shape index (κ1) is 17.4. The van der Waals surface area contributed by atoms with Gasteiger partial charge in [-0.25, -0.2) is 8.42 Å². The average molecular weight is 320 g/mol. The molecule has 0 spiro atoms. The van der Waals surface area contributed by atoms with Crippen molar-refractivity contribution in [1.82, 2.24) is 4.31 Å². The summed E-state index contributed by atoms with van der Waals surface area (Å²) in [5, 5.41) is 9.38. The van der Waals surface area contributed by atoms with Gasteiger partial charge >= 0.3 is 0 Å². The van der Waals surface area contributed by atoms with Crippen molar-refractivity contribution in [2.24, 2.45) is 0 Å². The third kappa shape index (κ3) is 3.73. The Balaban J connectivity index is 3.28. The van der Waals surface area contributed by atoms with Crippen LogP contribution in [0.5, 0.6) is 0 Å². The maximum atomic E-state index is 12.7. The number of aliphatic hydroxyl groups is 1. The Morgan fingerprint density at radius 3 is 2.35 bits per heavy atom. The minimum Gasteiger partial charge on any atom is -0.395 e. The normalized spacial score (nSPS) is 12.3. The molecule has 4 nitrogen and oxygen atoms in total. The fourth-order valence-corrected chi connectivity index (χ4v) is 4.57. The van der Waals surface area contributed by atoms with E-state index in [0.717, 1.165) is 5.56 Å². The van der Waals surface area contributed by atoms with E-state index in [1.807, 2.05) is 20.8 Å². The minimum atomic E-state index is -3.69. The number of nitrogens with zero attached hydrogens (tertiary/aromatic N) is 1. The molecule has 0 radical (unpaired) electrons. The molecule has 6 heteroatoms. The summed E-state index contributed by atoms with van der Waals surface area (Å²) in [5.74, 6) is 0. The molecule has 0 unspecified atom stereocenters. The van der Waals surface area contributed by atoms with Gasteiger partial charge in [0.15, 0.2) is 0 Å². The average Bonchev–Trinajstić information content (AvgIpc) is 2.38. The number of aliphatic hydroxyl groups excluding tert-OH is 1. The Labute approximate surface area is 126 Å². The van der Waals surface area contributed by atoms with Crippen LogP contribution in [-0.2, 0) is 10.0 Å². The Morgan fingerprint density at radius 2 is 1.90 bits per heavy atom. The van der Waals surface area contributed by atoms with Crippen molar-refractivity contribution in [3.05, 3.63) is 28.8 Å². The van der Waals surface area contributed by atoms with Crippen LogP contribution in [0.15, 0.2) is 23.1 Å². The fraction of sp³-hybridized carbons (Fsp3) is 0.571. The SMILES string of the molecule is CCC(CC)N(CCO)S(=O)(=O)c1ccc(C)cc1Cl. The molecule has 0 saturated heterocycles. The van der Waals surface area contributed by atoms with Crippen LogP contribution in [0.3, 0.4) is 0 Å². The molecule has 20 heavy (non-hydrogen) atoms. The van der Waals surface area contributed by atoms with Crippen LogP contribution in [0.25, 0.3) is 0 Å². The van der Waals surface area contributed by atoms with E-state index < -0.39 is 10.0 Å². The number of hydrogen-bond donors (Lipinski definition) is 1. The summed E-state index contributed by atoms with van der Waals surface area (Å²) in [6, 6.07) is 4.76. The summed E-state index contributed by atoms with van der Waals surface area (Å²) >= 11 is 6.08. The lowest BCUT2D eigenvalue weighted by atomic mass is 10.2. The van der Waals surface area contributed by atoms with Crippen LogP contribution in [0, 0.1) is 6.92 Å². The van der Waals surface area contributed by atoms with Gasteiger partial charge in [0.2, 0.25) is 10.0 Å². The molecule has 1 rings (SSSR count). The van der Waals surface area contributed by atoms with Gasteiger partial charge in [-0.3, -0.25) is 0 Å². The molecule has 114 valence electrons. The Morgan fingerprint density at radius 1 is 1.30 bits per heavy atom. The van der Waals surface area contributed by atoms with Crippen LogP contribution in [0.2, 0.25) is 5.02 Å². The highest BCUT2D eigenvalue weighted by Crippen LogP contribution is 2.28. The topological polar surface area (TPSA) is 57.6 Å². The fourth-order valence-electron chi connectivity index (χ4n) is 2.23. The summed E-state index contributed by atoms with van der Waals surface area (Å²) in [7, 11) is -3.69. The third-order valence-electron chi connectivity index (χ3n) is 3.34. The summed E-state index contributed by atoms with van der Waals surface area (Å²) in [6.45, 7) is 5.60. The number of benzene rings is 1. The van der Waals surface area contributed by atoms with Crippen molar-refractivity contribution in [1.29, 1.82) is 0 Å². The first-order valence-corrected chi connectivity index (χ1v) is 8.59. The van der Waals surface area contributed by atoms with Crippen molar-refractivity contribution >= 4 is 21.6 Å². The van der Waals surface area contributed by atoms with E-state index in [-0.39, 0.29) is 29.1 Å². The second-order valence-electron chi connectivity index (χ2n) is 4.74. The van der Waals surface area contributed by atoms with Crippen LogP contribution < -0.4 is 0 Å². The first-order valence-electron chi connectivity index (χ1n) is 6.77. The monoisotopic (exact) mass is 319 g/mol. The molecule has 0 amide bonds. The summed E-state index contributed by atoms with van der Waals surface area (Å²) in [6.07, 6.45) is 1.39. The number of halogens is 1. The smallest absolute Gasteiger partial charge is 0.244 e. The van der Waals surface area contributed by atoms with Crippen LogP contribution in [-0.4, -0.2) is 37.0 Å². The predicted octanol–water partition coefficient (Wildman–Crippen LogP) is 2.82. The van der Waals surface area contributed by atoms with Crippen molar-refractivity contribution in [3.63, 3.8) is 0 Å².